The standard InChI is InChI=1S/C21H25N5O3/c1-14-18(4-3-8-23-14)29-13-15-12-24-26(17(15)11-22)16-5-9-25(20(27)28)19(10-16)21(2)6-7-21/h3-4,8,12,16,19H,5-7,9-10,13H2,1-2H3,(H,27,28). The van der Waals surface area contributed by atoms with Crippen molar-refractivity contribution >= 4 is 6.09 Å². The molecule has 1 saturated heterocycles. The minimum absolute atomic E-state index is 0.0107. The zero-order valence-corrected chi connectivity index (χ0v) is 16.7. The van der Waals surface area contributed by atoms with E-state index in [-0.39, 0.29) is 24.1 Å². The Balaban J connectivity index is 1.53. The van der Waals surface area contributed by atoms with Crippen molar-refractivity contribution in [3.8, 4) is 11.8 Å². The van der Waals surface area contributed by atoms with Crippen molar-refractivity contribution in [1.29, 1.82) is 5.26 Å². The van der Waals surface area contributed by atoms with Crippen molar-refractivity contribution in [2.75, 3.05) is 6.54 Å². The van der Waals surface area contributed by atoms with Crippen molar-refractivity contribution in [2.24, 2.45) is 5.41 Å². The molecular formula is C21H25N5O3. The van der Waals surface area contributed by atoms with E-state index in [9.17, 15) is 15.2 Å². The third kappa shape index (κ3) is 3.65. The number of carboxylic acid groups (broad SMARTS) is 1. The number of aryl methyl sites for hydroxylation is 1. The molecule has 2 fully saturated rings. The number of aromatic nitrogens is 3. The predicted octanol–water partition coefficient (Wildman–Crippen LogP) is 3.52. The van der Waals surface area contributed by atoms with Crippen LogP contribution in [-0.2, 0) is 6.61 Å². The summed E-state index contributed by atoms with van der Waals surface area (Å²) in [4.78, 5) is 17.5. The first-order valence-corrected chi connectivity index (χ1v) is 9.93. The Morgan fingerprint density at radius 2 is 2.28 bits per heavy atom. The zero-order valence-electron chi connectivity index (χ0n) is 16.7. The van der Waals surface area contributed by atoms with Gasteiger partial charge in [-0.1, -0.05) is 6.92 Å². The Bertz CT molecular complexity index is 959. The van der Waals surface area contributed by atoms with Gasteiger partial charge in [-0.05, 0) is 50.2 Å². The molecule has 0 spiro atoms. The summed E-state index contributed by atoms with van der Waals surface area (Å²) in [6.45, 7) is 4.73. The first-order chi connectivity index (χ1) is 13.9. The Kier molecular flexibility index (Phi) is 4.91. The van der Waals surface area contributed by atoms with Crippen LogP contribution in [0.1, 0.15) is 55.6 Å². The molecule has 8 heteroatoms. The SMILES string of the molecule is Cc1ncccc1OCc1cnn(C2CCN(C(=O)O)C(C3(C)CC3)C2)c1C#N. The van der Waals surface area contributed by atoms with Gasteiger partial charge in [-0.2, -0.15) is 10.4 Å². The van der Waals surface area contributed by atoms with Gasteiger partial charge in [-0.3, -0.25) is 9.67 Å². The summed E-state index contributed by atoms with van der Waals surface area (Å²) >= 11 is 0. The first-order valence-electron chi connectivity index (χ1n) is 9.93. The van der Waals surface area contributed by atoms with Crippen LogP contribution in [-0.4, -0.2) is 43.5 Å². The Morgan fingerprint density at radius 3 is 2.93 bits per heavy atom. The summed E-state index contributed by atoms with van der Waals surface area (Å²) in [6, 6.07) is 5.91. The molecule has 2 unspecified atom stereocenters. The van der Waals surface area contributed by atoms with E-state index in [1.807, 2.05) is 19.1 Å². The van der Waals surface area contributed by atoms with Gasteiger partial charge in [0, 0.05) is 24.3 Å². The molecule has 0 aromatic carbocycles. The van der Waals surface area contributed by atoms with E-state index in [0.717, 1.165) is 24.1 Å². The molecule has 1 saturated carbocycles. The molecule has 1 aliphatic heterocycles. The molecule has 2 atom stereocenters. The average Bonchev–Trinajstić information content (AvgIpc) is 3.33. The number of piperidine rings is 1. The normalized spacial score (nSPS) is 22.7. The van der Waals surface area contributed by atoms with Crippen LogP contribution < -0.4 is 4.74 Å². The second kappa shape index (κ2) is 7.39. The van der Waals surface area contributed by atoms with Crippen molar-refractivity contribution in [3.05, 3.63) is 41.5 Å². The third-order valence-corrected chi connectivity index (χ3v) is 6.33. The topological polar surface area (TPSA) is 104 Å². The fourth-order valence-corrected chi connectivity index (χ4v) is 4.27. The summed E-state index contributed by atoms with van der Waals surface area (Å²) < 4.78 is 7.62. The minimum Gasteiger partial charge on any atom is -0.487 e. The van der Waals surface area contributed by atoms with Gasteiger partial charge in [0.15, 0.2) is 0 Å². The van der Waals surface area contributed by atoms with Crippen LogP contribution in [0, 0.1) is 23.7 Å². The molecule has 0 bridgehead atoms. The van der Waals surface area contributed by atoms with Gasteiger partial charge < -0.3 is 14.7 Å². The van der Waals surface area contributed by atoms with Crippen molar-refractivity contribution in [2.45, 2.75) is 58.2 Å². The molecule has 3 heterocycles. The van der Waals surface area contributed by atoms with Gasteiger partial charge in [-0.25, -0.2) is 4.79 Å². The summed E-state index contributed by atoms with van der Waals surface area (Å²) in [5, 5.41) is 23.8. The largest absolute Gasteiger partial charge is 0.487 e. The van der Waals surface area contributed by atoms with Crippen LogP contribution in [0.5, 0.6) is 5.75 Å². The highest BCUT2D eigenvalue weighted by molar-refractivity contribution is 5.66. The molecule has 1 amide bonds. The summed E-state index contributed by atoms with van der Waals surface area (Å²) in [5.41, 5.74) is 2.05. The number of likely N-dealkylation sites (tertiary alicyclic amines) is 1. The molecule has 8 nitrogen and oxygen atoms in total. The number of amides is 1. The molecule has 1 aliphatic carbocycles. The highest BCUT2D eigenvalue weighted by atomic mass is 16.5. The highest BCUT2D eigenvalue weighted by Crippen LogP contribution is 2.53. The summed E-state index contributed by atoms with van der Waals surface area (Å²) in [7, 11) is 0. The maximum atomic E-state index is 11.7. The van der Waals surface area contributed by atoms with Crippen LogP contribution in [0.2, 0.25) is 0 Å². The van der Waals surface area contributed by atoms with E-state index in [1.54, 1.807) is 22.0 Å². The number of rotatable bonds is 5. The van der Waals surface area contributed by atoms with Gasteiger partial charge in [0.25, 0.3) is 0 Å². The Labute approximate surface area is 169 Å². The molecule has 1 N–H and O–H groups in total. The Hall–Kier alpha value is -3.08. The van der Waals surface area contributed by atoms with Crippen molar-refractivity contribution in [3.63, 3.8) is 0 Å². The van der Waals surface area contributed by atoms with E-state index < -0.39 is 6.09 Å². The maximum Gasteiger partial charge on any atom is 0.407 e. The Morgan fingerprint density at radius 1 is 1.48 bits per heavy atom. The van der Waals surface area contributed by atoms with Gasteiger partial charge in [0.2, 0.25) is 0 Å². The number of hydrogen-bond acceptors (Lipinski definition) is 5. The molecule has 152 valence electrons. The predicted molar refractivity (Wildman–Crippen MR) is 104 cm³/mol. The summed E-state index contributed by atoms with van der Waals surface area (Å²) in [6.07, 6.45) is 5.95. The van der Waals surface area contributed by atoms with Crippen LogP contribution in [0.25, 0.3) is 0 Å². The maximum absolute atomic E-state index is 11.7. The molecule has 2 aromatic heterocycles. The number of carbonyl (C=O) groups is 1. The van der Waals surface area contributed by atoms with Gasteiger partial charge in [0.05, 0.1) is 17.9 Å². The molecule has 29 heavy (non-hydrogen) atoms. The molecule has 2 aromatic rings. The number of ether oxygens (including phenoxy) is 1. The zero-order chi connectivity index (χ0) is 20.6. The quantitative estimate of drug-likeness (QED) is 0.831. The molecule has 4 rings (SSSR count). The lowest BCUT2D eigenvalue weighted by molar-refractivity contribution is 0.0605. The third-order valence-electron chi connectivity index (χ3n) is 6.33. The number of hydrogen-bond donors (Lipinski definition) is 1. The van der Waals surface area contributed by atoms with Crippen LogP contribution >= 0.6 is 0 Å². The fraction of sp³-hybridized carbons (Fsp3) is 0.524. The van der Waals surface area contributed by atoms with E-state index in [2.05, 4.69) is 23.1 Å². The smallest absolute Gasteiger partial charge is 0.407 e. The second-order valence-electron chi connectivity index (χ2n) is 8.27. The van der Waals surface area contributed by atoms with Crippen LogP contribution in [0.4, 0.5) is 4.79 Å². The van der Waals surface area contributed by atoms with Gasteiger partial charge in [-0.15, -0.1) is 0 Å². The van der Waals surface area contributed by atoms with Gasteiger partial charge in [0.1, 0.15) is 24.1 Å². The highest BCUT2D eigenvalue weighted by Gasteiger charge is 2.51. The van der Waals surface area contributed by atoms with E-state index in [0.29, 0.717) is 30.8 Å². The van der Waals surface area contributed by atoms with E-state index in [1.165, 1.54) is 0 Å². The number of pyridine rings is 1. The van der Waals surface area contributed by atoms with Crippen LogP contribution in [0.15, 0.2) is 24.5 Å². The molecule has 0 radical (unpaired) electrons. The monoisotopic (exact) mass is 395 g/mol. The average molecular weight is 395 g/mol. The van der Waals surface area contributed by atoms with E-state index >= 15 is 0 Å². The van der Waals surface area contributed by atoms with Crippen molar-refractivity contribution < 1.29 is 14.6 Å². The lowest BCUT2D eigenvalue weighted by atomic mass is 9.86. The second-order valence-corrected chi connectivity index (χ2v) is 8.27. The molecule has 2 aliphatic rings. The summed E-state index contributed by atoms with van der Waals surface area (Å²) in [5.74, 6) is 0.681. The van der Waals surface area contributed by atoms with Crippen LogP contribution in [0.3, 0.4) is 0 Å². The lowest BCUT2D eigenvalue weighted by Crippen LogP contribution is -2.49. The number of nitrogens with zero attached hydrogens (tertiary/aromatic N) is 5. The number of nitriles is 1. The minimum atomic E-state index is -0.858. The van der Waals surface area contributed by atoms with Gasteiger partial charge >= 0.3 is 6.09 Å². The lowest BCUT2D eigenvalue weighted by Gasteiger charge is -2.41. The van der Waals surface area contributed by atoms with E-state index in [4.69, 9.17) is 4.74 Å². The molecular weight excluding hydrogens is 370 g/mol. The first kappa shape index (κ1) is 19.2. The van der Waals surface area contributed by atoms with Crippen molar-refractivity contribution in [1.82, 2.24) is 19.7 Å². The fourth-order valence-electron chi connectivity index (χ4n) is 4.27.